The smallest absolute Gasteiger partial charge is 0.404 e. The molecule has 7 rings (SSSR count). The summed E-state index contributed by atoms with van der Waals surface area (Å²) < 4.78 is 19.5. The van der Waals surface area contributed by atoms with Gasteiger partial charge >= 0.3 is 7.12 Å². The van der Waals surface area contributed by atoms with Gasteiger partial charge in [-0.1, -0.05) is 93.0 Å². The Kier molecular flexibility index (Phi) is 8.24. The number of carbonyl (C=O) groups is 1. The van der Waals surface area contributed by atoms with E-state index in [1.54, 1.807) is 0 Å². The minimum atomic E-state index is -1.17. The largest absolute Gasteiger partial charge is 0.481 e. The third-order valence-corrected chi connectivity index (χ3v) is 10.5. The number of carbonyl (C=O) groups excluding carboxylic acids is 1. The lowest BCUT2D eigenvalue weighted by atomic mass is 9.43. The third-order valence-electron chi connectivity index (χ3n) is 10.5. The highest BCUT2D eigenvalue weighted by atomic mass is 16.7. The Morgan fingerprint density at radius 1 is 1.07 bits per heavy atom. The van der Waals surface area contributed by atoms with Gasteiger partial charge in [0.25, 0.3) is 5.91 Å². The summed E-state index contributed by atoms with van der Waals surface area (Å²) in [6.45, 7) is 14.1. The molecule has 0 spiro atoms. The summed E-state index contributed by atoms with van der Waals surface area (Å²) in [6.07, 6.45) is 3.77. The number of aryl methyl sites for hydroxylation is 1. The normalized spacial score (nSPS) is 31.2. The van der Waals surface area contributed by atoms with Crippen LogP contribution in [0.15, 0.2) is 59.8 Å². The first-order chi connectivity index (χ1) is 20.5. The molecule has 3 aliphatic carbocycles. The summed E-state index contributed by atoms with van der Waals surface area (Å²) in [5.41, 5.74) is 2.80. The maximum atomic E-state index is 14.3. The van der Waals surface area contributed by atoms with Crippen LogP contribution in [0.4, 0.5) is 0 Å². The van der Waals surface area contributed by atoms with Crippen molar-refractivity contribution in [3.05, 3.63) is 71.3 Å². The molecule has 7 nitrogen and oxygen atoms in total. The topological polar surface area (TPSA) is 78.4 Å². The first-order valence-corrected chi connectivity index (χ1v) is 16.0. The van der Waals surface area contributed by atoms with Gasteiger partial charge in [0.1, 0.15) is 0 Å². The van der Waals surface area contributed by atoms with Crippen LogP contribution in [0.3, 0.4) is 0 Å². The Morgan fingerprint density at radius 2 is 1.84 bits per heavy atom. The number of ether oxygens (including phenoxy) is 1. The number of benzene rings is 2. The van der Waals surface area contributed by atoms with Crippen LogP contribution in [0.25, 0.3) is 0 Å². The molecule has 43 heavy (non-hydrogen) atoms. The number of oxime groups is 1. The monoisotopic (exact) mass is 586 g/mol. The first-order valence-electron chi connectivity index (χ1n) is 16.0. The second-order valence-corrected chi connectivity index (χ2v) is 14.6. The molecule has 0 radical (unpaired) electrons. The van der Waals surface area contributed by atoms with Crippen LogP contribution in [0.5, 0.6) is 0 Å². The minimum absolute atomic E-state index is 0.0577. The van der Waals surface area contributed by atoms with Crippen molar-refractivity contribution < 1.29 is 23.7 Å². The van der Waals surface area contributed by atoms with Crippen LogP contribution in [-0.4, -0.2) is 48.6 Å². The lowest BCUT2D eigenvalue weighted by Crippen LogP contribution is -2.65. The van der Waals surface area contributed by atoms with E-state index in [-0.39, 0.29) is 29.0 Å². The van der Waals surface area contributed by atoms with Crippen molar-refractivity contribution in [1.82, 2.24) is 5.32 Å². The van der Waals surface area contributed by atoms with Crippen molar-refractivity contribution in [3.63, 3.8) is 0 Å². The van der Waals surface area contributed by atoms with E-state index in [0.29, 0.717) is 43.8 Å². The second kappa shape index (κ2) is 11.7. The van der Waals surface area contributed by atoms with Gasteiger partial charge in [0.05, 0.1) is 36.6 Å². The fourth-order valence-corrected chi connectivity index (χ4v) is 8.05. The third kappa shape index (κ3) is 5.90. The number of hydrogen-bond donors (Lipinski definition) is 1. The molecule has 5 aliphatic rings. The summed E-state index contributed by atoms with van der Waals surface area (Å²) in [7, 11) is -0.496. The van der Waals surface area contributed by atoms with E-state index >= 15 is 0 Å². The average Bonchev–Trinajstić information content (AvgIpc) is 3.54. The maximum absolute atomic E-state index is 14.3. The van der Waals surface area contributed by atoms with Crippen LogP contribution in [0.1, 0.15) is 77.0 Å². The summed E-state index contributed by atoms with van der Waals surface area (Å²) in [5.74, 6) is 0.988. The van der Waals surface area contributed by atoms with E-state index in [1.165, 1.54) is 12.0 Å². The molecule has 0 aromatic heterocycles. The van der Waals surface area contributed by atoms with E-state index in [4.69, 9.17) is 18.9 Å². The van der Waals surface area contributed by atoms with Crippen LogP contribution < -0.4 is 5.32 Å². The Bertz CT molecular complexity index is 1350. The molecule has 1 N–H and O–H groups in total. The molecule has 3 saturated carbocycles. The zero-order valence-electron chi connectivity index (χ0n) is 26.6. The van der Waals surface area contributed by atoms with Crippen LogP contribution in [0, 0.1) is 30.1 Å². The van der Waals surface area contributed by atoms with Gasteiger partial charge in [-0.2, -0.15) is 0 Å². The molecule has 2 heterocycles. The molecule has 6 atom stereocenters. The second-order valence-electron chi connectivity index (χ2n) is 14.6. The fourth-order valence-electron chi connectivity index (χ4n) is 8.05. The fraction of sp³-hybridized carbons (Fsp3) is 0.600. The van der Waals surface area contributed by atoms with Crippen molar-refractivity contribution in [2.45, 2.75) is 104 Å². The van der Waals surface area contributed by atoms with Crippen molar-refractivity contribution in [3.8, 4) is 0 Å². The predicted molar refractivity (Wildman–Crippen MR) is 168 cm³/mol. The molecule has 2 aromatic rings. The van der Waals surface area contributed by atoms with Gasteiger partial charge in [0.15, 0.2) is 0 Å². The Hall–Kier alpha value is -2.68. The first kappa shape index (κ1) is 30.4. The quantitative estimate of drug-likeness (QED) is 0.324. The van der Waals surface area contributed by atoms with E-state index in [9.17, 15) is 4.79 Å². The zero-order chi connectivity index (χ0) is 30.4. The number of hydrogen-bond acceptors (Lipinski definition) is 6. The van der Waals surface area contributed by atoms with Crippen molar-refractivity contribution in [2.24, 2.45) is 28.3 Å². The molecular formula is C35H47BN2O5. The van der Waals surface area contributed by atoms with Crippen LogP contribution in [0.2, 0.25) is 0 Å². The summed E-state index contributed by atoms with van der Waals surface area (Å²) >= 11 is 0. The zero-order valence-corrected chi connectivity index (χ0v) is 26.6. The number of nitrogens with zero attached hydrogens (tertiary/aromatic N) is 1. The Morgan fingerprint density at radius 3 is 2.56 bits per heavy atom. The minimum Gasteiger partial charge on any atom is -0.404 e. The highest BCUT2D eigenvalue weighted by Crippen LogP contribution is 2.65. The number of rotatable bonds is 11. The van der Waals surface area contributed by atoms with E-state index in [2.05, 4.69) is 70.2 Å². The maximum Gasteiger partial charge on any atom is 0.481 e. The van der Waals surface area contributed by atoms with Crippen molar-refractivity contribution >= 4 is 18.7 Å². The lowest BCUT2D eigenvalue weighted by Gasteiger charge is -2.64. The lowest BCUT2D eigenvalue weighted by molar-refractivity contribution is -0.199. The Labute approximate surface area is 257 Å². The SMILES string of the molecule is Cc1cccc(COCC2=NOC(Cc3ccccc3)(C(=O)N[C@@H](CC(C)C)B3O[C@@H]4C[C@@H]5C[C@@H](C5(C)C)[C@]4(C)O3)C2)c1. The van der Waals surface area contributed by atoms with Gasteiger partial charge < -0.3 is 24.2 Å². The average molecular weight is 587 g/mol. The molecule has 1 unspecified atom stereocenters. The summed E-state index contributed by atoms with van der Waals surface area (Å²) in [4.78, 5) is 20.4. The van der Waals surface area contributed by atoms with Gasteiger partial charge in [-0.05, 0) is 67.4 Å². The van der Waals surface area contributed by atoms with Crippen molar-refractivity contribution in [1.29, 1.82) is 0 Å². The van der Waals surface area contributed by atoms with Gasteiger partial charge in [-0.3, -0.25) is 4.79 Å². The molecule has 1 amide bonds. The van der Waals surface area contributed by atoms with Gasteiger partial charge in [0, 0.05) is 12.8 Å². The molecule has 4 fully saturated rings. The van der Waals surface area contributed by atoms with Gasteiger partial charge in [-0.25, -0.2) is 0 Å². The molecule has 230 valence electrons. The Balaban J connectivity index is 1.17. The van der Waals surface area contributed by atoms with E-state index < -0.39 is 12.7 Å². The van der Waals surface area contributed by atoms with Crippen LogP contribution in [-0.2, 0) is 36.7 Å². The molecule has 1 saturated heterocycles. The predicted octanol–water partition coefficient (Wildman–Crippen LogP) is 6.07. The molecule has 2 bridgehead atoms. The molecule has 2 aromatic carbocycles. The highest BCUT2D eigenvalue weighted by molar-refractivity contribution is 6.48. The van der Waals surface area contributed by atoms with E-state index in [1.807, 2.05) is 36.4 Å². The van der Waals surface area contributed by atoms with Gasteiger partial charge in [0.2, 0.25) is 5.60 Å². The van der Waals surface area contributed by atoms with Crippen LogP contribution >= 0.6 is 0 Å². The highest BCUT2D eigenvalue weighted by Gasteiger charge is 2.68. The summed E-state index contributed by atoms with van der Waals surface area (Å²) in [5, 5.41) is 7.74. The molecule has 2 aliphatic heterocycles. The molecule has 8 heteroatoms. The summed E-state index contributed by atoms with van der Waals surface area (Å²) in [6, 6.07) is 18.3. The van der Waals surface area contributed by atoms with Gasteiger partial charge in [-0.15, -0.1) is 0 Å². The number of amides is 1. The van der Waals surface area contributed by atoms with E-state index in [0.717, 1.165) is 29.7 Å². The number of nitrogens with one attached hydrogen (secondary N) is 1. The molecular weight excluding hydrogens is 539 g/mol. The van der Waals surface area contributed by atoms with Crippen molar-refractivity contribution in [2.75, 3.05) is 6.61 Å². The standard InChI is InChI=1S/C35H47BN2O5/c1-23(2)15-31(36-41-30-18-27-17-29(33(27,4)5)34(30,6)42-36)37-32(39)35(19-25-12-8-7-9-13-25)20-28(38-43-35)22-40-21-26-14-10-11-24(3)16-26/h7-14,16,23,27,29-31H,15,17-22H2,1-6H3,(H,37,39)/t27-,29-,30+,31-,34-,35?/m0/s1.